The van der Waals surface area contributed by atoms with Crippen LogP contribution in [0.5, 0.6) is 5.75 Å². The predicted octanol–water partition coefficient (Wildman–Crippen LogP) is 4.07. The molecule has 1 saturated heterocycles. The van der Waals surface area contributed by atoms with E-state index in [0.29, 0.717) is 24.6 Å². The number of ether oxygens (including phenoxy) is 1. The molecule has 1 aliphatic rings. The predicted molar refractivity (Wildman–Crippen MR) is 113 cm³/mol. The maximum atomic E-state index is 13.1. The van der Waals surface area contributed by atoms with E-state index in [4.69, 9.17) is 9.15 Å². The maximum Gasteiger partial charge on any atom is 0.272 e. The van der Waals surface area contributed by atoms with Crippen LogP contribution in [-0.4, -0.2) is 45.8 Å². The van der Waals surface area contributed by atoms with E-state index in [1.54, 1.807) is 30.3 Å². The molecule has 7 nitrogen and oxygen atoms in total. The quantitative estimate of drug-likeness (QED) is 0.615. The number of oxazole rings is 1. The summed E-state index contributed by atoms with van der Waals surface area (Å²) >= 11 is 0. The van der Waals surface area contributed by atoms with Crippen molar-refractivity contribution < 1.29 is 13.9 Å². The number of carbonyl (C=O) groups is 1. The van der Waals surface area contributed by atoms with E-state index in [0.717, 1.165) is 36.5 Å². The average Bonchev–Trinajstić information content (AvgIpc) is 3.44. The van der Waals surface area contributed by atoms with Crippen molar-refractivity contribution in [1.29, 1.82) is 0 Å². The lowest BCUT2D eigenvalue weighted by Crippen LogP contribution is -2.40. The lowest BCUT2D eigenvalue weighted by Gasteiger charge is -2.31. The Morgan fingerprint density at radius 2 is 2.07 bits per heavy atom. The van der Waals surface area contributed by atoms with Crippen molar-refractivity contribution in [3.8, 4) is 5.75 Å². The van der Waals surface area contributed by atoms with Gasteiger partial charge in [-0.05, 0) is 50.5 Å². The van der Waals surface area contributed by atoms with Crippen LogP contribution in [0.4, 0.5) is 0 Å². The van der Waals surface area contributed by atoms with Gasteiger partial charge in [-0.15, -0.1) is 0 Å². The summed E-state index contributed by atoms with van der Waals surface area (Å²) in [6, 6.07) is 9.88. The van der Waals surface area contributed by atoms with E-state index in [1.165, 1.54) is 0 Å². The zero-order valence-corrected chi connectivity index (χ0v) is 17.7. The fourth-order valence-electron chi connectivity index (χ4n) is 3.96. The Hall–Kier alpha value is -3.09. The summed E-state index contributed by atoms with van der Waals surface area (Å²) in [4.78, 5) is 19.5. The Kier molecular flexibility index (Phi) is 5.88. The second kappa shape index (κ2) is 8.73. The highest BCUT2D eigenvalue weighted by Crippen LogP contribution is 2.28. The van der Waals surface area contributed by atoms with Crippen LogP contribution in [0.25, 0.3) is 0 Å². The first-order valence-electron chi connectivity index (χ1n) is 10.5. The standard InChI is InChI=1S/C23H28N4O3/c1-16(2)27-21(10-11-25-27)23(28)26-12-4-5-18(15-26)22-24-14-20(30-22)13-17-6-8-19(29-3)9-7-17/h6-11,14,16,18H,4-5,12-13,15H2,1-3H3/t18-/m0/s1. The number of hydrogen-bond donors (Lipinski definition) is 0. The SMILES string of the molecule is COc1ccc(Cc2cnc([C@H]3CCCN(C(=O)c4ccnn4C(C)C)C3)o2)cc1. The van der Waals surface area contributed by atoms with E-state index < -0.39 is 0 Å². The number of likely N-dealkylation sites (tertiary alicyclic amines) is 1. The van der Waals surface area contributed by atoms with Gasteiger partial charge in [0.05, 0.1) is 19.2 Å². The van der Waals surface area contributed by atoms with Crippen molar-refractivity contribution in [3.63, 3.8) is 0 Å². The van der Waals surface area contributed by atoms with E-state index in [2.05, 4.69) is 10.1 Å². The lowest BCUT2D eigenvalue weighted by molar-refractivity contribution is 0.0683. The largest absolute Gasteiger partial charge is 0.497 e. The number of benzene rings is 1. The third-order valence-electron chi connectivity index (χ3n) is 5.55. The van der Waals surface area contributed by atoms with Crippen molar-refractivity contribution in [2.24, 2.45) is 0 Å². The molecule has 0 N–H and O–H groups in total. The number of piperidine rings is 1. The van der Waals surface area contributed by atoms with Gasteiger partial charge in [-0.1, -0.05) is 12.1 Å². The molecule has 1 amide bonds. The fraction of sp³-hybridized carbons (Fsp3) is 0.435. The van der Waals surface area contributed by atoms with E-state index in [9.17, 15) is 4.79 Å². The van der Waals surface area contributed by atoms with Crippen molar-refractivity contribution in [2.45, 2.75) is 45.1 Å². The third kappa shape index (κ3) is 4.25. The van der Waals surface area contributed by atoms with E-state index >= 15 is 0 Å². The maximum absolute atomic E-state index is 13.1. The molecule has 0 aliphatic carbocycles. The van der Waals surface area contributed by atoms with Crippen LogP contribution >= 0.6 is 0 Å². The second-order valence-electron chi connectivity index (χ2n) is 8.03. The van der Waals surface area contributed by atoms with Gasteiger partial charge in [0.15, 0.2) is 5.89 Å². The Morgan fingerprint density at radius 1 is 1.27 bits per heavy atom. The first kappa shape index (κ1) is 20.2. The molecule has 4 rings (SSSR count). The third-order valence-corrected chi connectivity index (χ3v) is 5.55. The van der Waals surface area contributed by atoms with E-state index in [-0.39, 0.29) is 17.9 Å². The number of hydrogen-bond acceptors (Lipinski definition) is 5. The van der Waals surface area contributed by atoms with Crippen LogP contribution in [0.15, 0.2) is 47.1 Å². The zero-order chi connectivity index (χ0) is 21.1. The average molecular weight is 409 g/mol. The minimum atomic E-state index is 0.0240. The summed E-state index contributed by atoms with van der Waals surface area (Å²) in [6.07, 6.45) is 6.07. The molecule has 2 aromatic heterocycles. The molecule has 0 saturated carbocycles. The minimum Gasteiger partial charge on any atom is -0.497 e. The molecule has 1 aromatic carbocycles. The number of carbonyl (C=O) groups excluding carboxylic acids is 1. The van der Waals surface area contributed by atoms with Gasteiger partial charge in [0.25, 0.3) is 5.91 Å². The molecule has 3 aromatic rings. The minimum absolute atomic E-state index is 0.0240. The van der Waals surface area contributed by atoms with Crippen molar-refractivity contribution in [3.05, 3.63) is 65.6 Å². The topological polar surface area (TPSA) is 73.4 Å². The van der Waals surface area contributed by atoms with Crippen molar-refractivity contribution in [1.82, 2.24) is 19.7 Å². The zero-order valence-electron chi connectivity index (χ0n) is 17.7. The molecule has 1 fully saturated rings. The van der Waals surface area contributed by atoms with Gasteiger partial charge >= 0.3 is 0 Å². The number of methoxy groups -OCH3 is 1. The molecule has 30 heavy (non-hydrogen) atoms. The van der Waals surface area contributed by atoms with Crippen molar-refractivity contribution in [2.75, 3.05) is 20.2 Å². The number of nitrogens with zero attached hydrogens (tertiary/aromatic N) is 4. The Balaban J connectivity index is 1.43. The molecule has 0 radical (unpaired) electrons. The summed E-state index contributed by atoms with van der Waals surface area (Å²) in [7, 11) is 1.66. The molecule has 0 unspecified atom stereocenters. The summed E-state index contributed by atoms with van der Waals surface area (Å²) in [6.45, 7) is 5.42. The van der Waals surface area contributed by atoms with Crippen LogP contribution in [0.1, 0.15) is 66.4 Å². The molecule has 1 aliphatic heterocycles. The number of amides is 1. The Morgan fingerprint density at radius 3 is 2.80 bits per heavy atom. The number of aromatic nitrogens is 3. The normalized spacial score (nSPS) is 16.8. The van der Waals surface area contributed by atoms with Gasteiger partial charge in [0.1, 0.15) is 17.2 Å². The van der Waals surface area contributed by atoms with Gasteiger partial charge in [-0.25, -0.2) is 4.98 Å². The highest BCUT2D eigenvalue weighted by atomic mass is 16.5. The summed E-state index contributed by atoms with van der Waals surface area (Å²) in [5.41, 5.74) is 1.78. The second-order valence-corrected chi connectivity index (χ2v) is 8.03. The first-order chi connectivity index (χ1) is 14.5. The van der Waals surface area contributed by atoms with Gasteiger partial charge in [0.2, 0.25) is 0 Å². The molecule has 158 valence electrons. The van der Waals surface area contributed by atoms with Crippen molar-refractivity contribution >= 4 is 5.91 Å². The smallest absolute Gasteiger partial charge is 0.272 e. The Labute approximate surface area is 176 Å². The van der Waals surface area contributed by atoms with Crippen LogP contribution < -0.4 is 4.74 Å². The molecule has 3 heterocycles. The van der Waals surface area contributed by atoms with Crippen LogP contribution in [-0.2, 0) is 6.42 Å². The monoisotopic (exact) mass is 408 g/mol. The number of rotatable bonds is 6. The molecule has 1 atom stereocenters. The van der Waals surface area contributed by atoms with Gasteiger partial charge in [-0.2, -0.15) is 5.10 Å². The summed E-state index contributed by atoms with van der Waals surface area (Å²) in [5.74, 6) is 2.52. The molecule has 0 spiro atoms. The first-order valence-corrected chi connectivity index (χ1v) is 10.5. The highest BCUT2D eigenvalue weighted by Gasteiger charge is 2.30. The van der Waals surface area contributed by atoms with Crippen LogP contribution in [0.2, 0.25) is 0 Å². The molecular formula is C23H28N4O3. The fourth-order valence-corrected chi connectivity index (χ4v) is 3.96. The van der Waals surface area contributed by atoms with Gasteiger partial charge < -0.3 is 14.1 Å². The van der Waals surface area contributed by atoms with Crippen LogP contribution in [0, 0.1) is 0 Å². The lowest BCUT2D eigenvalue weighted by atomic mass is 9.97. The highest BCUT2D eigenvalue weighted by molar-refractivity contribution is 5.92. The molecular weight excluding hydrogens is 380 g/mol. The summed E-state index contributed by atoms with van der Waals surface area (Å²) < 4.78 is 13.1. The van der Waals surface area contributed by atoms with Gasteiger partial charge in [0, 0.05) is 31.7 Å². The van der Waals surface area contributed by atoms with Crippen LogP contribution in [0.3, 0.4) is 0 Å². The van der Waals surface area contributed by atoms with E-state index in [1.807, 2.05) is 43.0 Å². The molecule has 7 heteroatoms. The summed E-state index contributed by atoms with van der Waals surface area (Å²) in [5, 5.41) is 4.29. The molecule has 0 bridgehead atoms. The van der Waals surface area contributed by atoms with Gasteiger partial charge in [-0.3, -0.25) is 9.48 Å². The Bertz CT molecular complexity index is 990.